The molecule has 0 unspecified atom stereocenters. The van der Waals surface area contributed by atoms with Gasteiger partial charge in [-0.15, -0.1) is 0 Å². The Bertz CT molecular complexity index is 871. The maximum Gasteiger partial charge on any atom is 0.296 e. The van der Waals surface area contributed by atoms with E-state index in [2.05, 4.69) is 15.1 Å². The molecular weight excluding hydrogens is 304 g/mol. The van der Waals surface area contributed by atoms with Crippen LogP contribution in [0.25, 0.3) is 11.0 Å². The maximum absolute atomic E-state index is 13.0. The monoisotopic (exact) mass is 324 g/mol. The molecule has 0 aliphatic heterocycles. The van der Waals surface area contributed by atoms with E-state index in [1.807, 2.05) is 56.3 Å². The third-order valence-electron chi connectivity index (χ3n) is 3.82. The van der Waals surface area contributed by atoms with Gasteiger partial charge in [-0.1, -0.05) is 18.2 Å². The van der Waals surface area contributed by atoms with E-state index in [9.17, 15) is 4.79 Å². The van der Waals surface area contributed by atoms with Crippen molar-refractivity contribution in [2.45, 2.75) is 6.92 Å². The lowest BCUT2D eigenvalue weighted by Gasteiger charge is -2.21. The van der Waals surface area contributed by atoms with Gasteiger partial charge in [0.2, 0.25) is 5.82 Å². The summed E-state index contributed by atoms with van der Waals surface area (Å²) in [6.45, 7) is 2.47. The summed E-state index contributed by atoms with van der Waals surface area (Å²) in [4.78, 5) is 25.4. The van der Waals surface area contributed by atoms with E-state index in [0.717, 1.165) is 11.1 Å². The molecule has 0 spiro atoms. The zero-order valence-electron chi connectivity index (χ0n) is 14.3. The maximum atomic E-state index is 13.0. The molecule has 3 aromatic rings. The van der Waals surface area contributed by atoms with Crippen LogP contribution in [0.1, 0.15) is 17.5 Å². The zero-order valence-corrected chi connectivity index (χ0v) is 14.3. The van der Waals surface area contributed by atoms with Crippen LogP contribution in [0.4, 0.5) is 11.5 Å². The molecule has 2 heterocycles. The fraction of sp³-hybridized carbons (Fsp3) is 0.294. The number of carbonyl (C=O) groups excluding carboxylic acids is 1. The third kappa shape index (κ3) is 2.68. The molecule has 2 aromatic heterocycles. The number of para-hydroxylation sites is 1. The minimum atomic E-state index is -0.227. The number of rotatable bonds is 4. The van der Waals surface area contributed by atoms with Crippen LogP contribution in [0, 0.1) is 0 Å². The van der Waals surface area contributed by atoms with Crippen molar-refractivity contribution >= 4 is 28.4 Å². The van der Waals surface area contributed by atoms with Gasteiger partial charge in [0.15, 0.2) is 5.65 Å². The van der Waals surface area contributed by atoms with E-state index in [-0.39, 0.29) is 11.7 Å². The highest BCUT2D eigenvalue weighted by Gasteiger charge is 2.22. The smallest absolute Gasteiger partial charge is 0.296 e. The van der Waals surface area contributed by atoms with E-state index >= 15 is 0 Å². The van der Waals surface area contributed by atoms with Crippen LogP contribution in [0.3, 0.4) is 0 Å². The molecule has 0 aliphatic carbocycles. The highest BCUT2D eigenvalue weighted by atomic mass is 16.2. The molecule has 0 bridgehead atoms. The molecular formula is C17H20N6O. The molecule has 7 nitrogen and oxygen atoms in total. The fourth-order valence-corrected chi connectivity index (χ4v) is 2.62. The van der Waals surface area contributed by atoms with Crippen LogP contribution in [0.2, 0.25) is 0 Å². The minimum Gasteiger partial charge on any atom is -0.362 e. The molecule has 0 saturated carbocycles. The van der Waals surface area contributed by atoms with Crippen LogP contribution >= 0.6 is 0 Å². The van der Waals surface area contributed by atoms with Gasteiger partial charge in [0, 0.05) is 33.4 Å². The van der Waals surface area contributed by atoms with Gasteiger partial charge >= 0.3 is 0 Å². The summed E-state index contributed by atoms with van der Waals surface area (Å²) in [6.07, 6.45) is 1.72. The lowest BCUT2D eigenvalue weighted by atomic mass is 10.2. The SMILES string of the molecule is CCN(C(=O)c1nc(N(C)C)c2cnn(C)c2n1)c1ccccc1. The minimum absolute atomic E-state index is 0.167. The second-order valence-corrected chi connectivity index (χ2v) is 5.66. The zero-order chi connectivity index (χ0) is 17.3. The molecule has 124 valence electrons. The van der Waals surface area contributed by atoms with Crippen molar-refractivity contribution < 1.29 is 4.79 Å². The number of aromatic nitrogens is 4. The van der Waals surface area contributed by atoms with Crippen molar-refractivity contribution in [3.8, 4) is 0 Å². The van der Waals surface area contributed by atoms with Gasteiger partial charge in [-0.05, 0) is 19.1 Å². The largest absolute Gasteiger partial charge is 0.362 e. The van der Waals surface area contributed by atoms with Crippen LogP contribution in [-0.4, -0.2) is 46.3 Å². The number of aryl methyl sites for hydroxylation is 1. The molecule has 0 radical (unpaired) electrons. The molecule has 1 aromatic carbocycles. The molecule has 0 saturated heterocycles. The number of carbonyl (C=O) groups is 1. The Morgan fingerprint density at radius 2 is 1.88 bits per heavy atom. The number of fused-ring (bicyclic) bond motifs is 1. The molecule has 0 N–H and O–H groups in total. The summed E-state index contributed by atoms with van der Waals surface area (Å²) in [5.74, 6) is 0.621. The van der Waals surface area contributed by atoms with Gasteiger partial charge in [-0.2, -0.15) is 5.10 Å². The van der Waals surface area contributed by atoms with Crippen molar-refractivity contribution in [2.75, 3.05) is 30.4 Å². The van der Waals surface area contributed by atoms with E-state index in [1.165, 1.54) is 0 Å². The standard InChI is InChI=1S/C17H20N6O/c1-5-23(12-9-7-6-8-10-12)17(24)14-19-15(21(2)3)13-11-18-22(4)16(13)20-14/h6-11H,5H2,1-4H3. The van der Waals surface area contributed by atoms with Gasteiger partial charge < -0.3 is 9.80 Å². The molecule has 7 heteroatoms. The summed E-state index contributed by atoms with van der Waals surface area (Å²) < 4.78 is 1.65. The number of hydrogen-bond donors (Lipinski definition) is 0. The normalized spacial score (nSPS) is 10.8. The Kier molecular flexibility index (Phi) is 4.16. The van der Waals surface area contributed by atoms with Gasteiger partial charge in [-0.25, -0.2) is 9.97 Å². The average Bonchev–Trinajstić information content (AvgIpc) is 2.96. The average molecular weight is 324 g/mol. The molecule has 0 atom stereocenters. The Labute approximate surface area is 140 Å². The fourth-order valence-electron chi connectivity index (χ4n) is 2.62. The van der Waals surface area contributed by atoms with Gasteiger partial charge in [-0.3, -0.25) is 9.48 Å². The lowest BCUT2D eigenvalue weighted by Crippen LogP contribution is -2.32. The first kappa shape index (κ1) is 15.9. The molecule has 0 aliphatic rings. The first-order chi connectivity index (χ1) is 11.5. The van der Waals surface area contributed by atoms with Crippen molar-refractivity contribution in [1.29, 1.82) is 0 Å². The Balaban J connectivity index is 2.11. The van der Waals surface area contributed by atoms with E-state index < -0.39 is 0 Å². The van der Waals surface area contributed by atoms with Crippen LogP contribution in [0.15, 0.2) is 36.5 Å². The second-order valence-electron chi connectivity index (χ2n) is 5.66. The Morgan fingerprint density at radius 1 is 1.17 bits per heavy atom. The number of anilines is 2. The Hall–Kier alpha value is -2.96. The van der Waals surface area contributed by atoms with Gasteiger partial charge in [0.05, 0.1) is 11.6 Å². The van der Waals surface area contributed by atoms with Crippen LogP contribution in [0.5, 0.6) is 0 Å². The van der Waals surface area contributed by atoms with Crippen molar-refractivity contribution in [3.05, 3.63) is 42.4 Å². The highest BCUT2D eigenvalue weighted by molar-refractivity contribution is 6.05. The van der Waals surface area contributed by atoms with Gasteiger partial charge in [0.1, 0.15) is 5.82 Å². The Morgan fingerprint density at radius 3 is 2.50 bits per heavy atom. The summed E-state index contributed by atoms with van der Waals surface area (Å²) in [5.41, 5.74) is 1.46. The molecule has 3 rings (SSSR count). The first-order valence-electron chi connectivity index (χ1n) is 7.77. The number of hydrogen-bond acceptors (Lipinski definition) is 5. The molecule has 0 fully saturated rings. The van der Waals surface area contributed by atoms with Crippen molar-refractivity contribution in [3.63, 3.8) is 0 Å². The highest BCUT2D eigenvalue weighted by Crippen LogP contribution is 2.23. The third-order valence-corrected chi connectivity index (χ3v) is 3.82. The van der Waals surface area contributed by atoms with E-state index in [1.54, 1.807) is 22.8 Å². The van der Waals surface area contributed by atoms with Crippen LogP contribution in [-0.2, 0) is 7.05 Å². The predicted octanol–water partition coefficient (Wildman–Crippen LogP) is 2.10. The lowest BCUT2D eigenvalue weighted by molar-refractivity contribution is 0.0978. The first-order valence-corrected chi connectivity index (χ1v) is 7.77. The van der Waals surface area contributed by atoms with Crippen molar-refractivity contribution in [2.24, 2.45) is 7.05 Å². The summed E-state index contributed by atoms with van der Waals surface area (Å²) in [6, 6.07) is 9.53. The number of amides is 1. The number of benzene rings is 1. The van der Waals surface area contributed by atoms with E-state index in [4.69, 9.17) is 0 Å². The molecule has 1 amide bonds. The summed E-state index contributed by atoms with van der Waals surface area (Å²) >= 11 is 0. The summed E-state index contributed by atoms with van der Waals surface area (Å²) in [5, 5.41) is 5.05. The topological polar surface area (TPSA) is 67.2 Å². The van der Waals surface area contributed by atoms with Crippen LogP contribution < -0.4 is 9.80 Å². The quantitative estimate of drug-likeness (QED) is 0.735. The summed E-state index contributed by atoms with van der Waals surface area (Å²) in [7, 11) is 5.58. The van der Waals surface area contributed by atoms with Gasteiger partial charge in [0.25, 0.3) is 5.91 Å². The van der Waals surface area contributed by atoms with E-state index in [0.29, 0.717) is 18.0 Å². The predicted molar refractivity (Wildman–Crippen MR) is 94.4 cm³/mol. The molecule has 24 heavy (non-hydrogen) atoms. The second kappa shape index (κ2) is 6.27. The number of nitrogens with zero attached hydrogens (tertiary/aromatic N) is 6. The van der Waals surface area contributed by atoms with Crippen molar-refractivity contribution in [1.82, 2.24) is 19.7 Å².